The summed E-state index contributed by atoms with van der Waals surface area (Å²) in [6.45, 7) is 1.24. The maximum atomic E-state index is 12.7. The van der Waals surface area contributed by atoms with E-state index in [9.17, 15) is 4.79 Å². The van der Waals surface area contributed by atoms with Crippen LogP contribution in [0, 0.1) is 0 Å². The van der Waals surface area contributed by atoms with Crippen LogP contribution in [0.1, 0.15) is 49.7 Å². The average molecular weight is 320 g/mol. The first-order chi connectivity index (χ1) is 11.2. The number of hydrogen-bond donors (Lipinski definition) is 1. The number of hydrogen-bond acceptors (Lipinski definition) is 4. The second kappa shape index (κ2) is 6.17. The van der Waals surface area contributed by atoms with Crippen molar-refractivity contribution in [3.05, 3.63) is 23.7 Å². The molecule has 0 aromatic carbocycles. The zero-order valence-electron chi connectivity index (χ0n) is 13.5. The molecule has 23 heavy (non-hydrogen) atoms. The number of fused-ring (bicyclic) bond motifs is 2. The summed E-state index contributed by atoms with van der Waals surface area (Å²) in [6, 6.07) is 4.10. The van der Waals surface area contributed by atoms with E-state index in [0.29, 0.717) is 12.7 Å². The number of nitrogens with zero attached hydrogens (tertiary/aromatic N) is 1. The Kier molecular flexibility index (Phi) is 4.03. The monoisotopic (exact) mass is 320 g/mol. The predicted octanol–water partition coefficient (Wildman–Crippen LogP) is 2.59. The molecule has 1 aromatic heterocycles. The van der Waals surface area contributed by atoms with Crippen molar-refractivity contribution in [1.29, 1.82) is 0 Å². The quantitative estimate of drug-likeness (QED) is 0.926. The highest BCUT2D eigenvalue weighted by atomic mass is 16.5. The first-order valence-corrected chi connectivity index (χ1v) is 8.54. The van der Waals surface area contributed by atoms with Crippen LogP contribution in [0.4, 0.5) is 4.79 Å². The minimum atomic E-state index is 0.0124. The molecule has 3 saturated heterocycles. The minimum Gasteiger partial charge on any atom is -0.461 e. The Hall–Kier alpha value is -1.53. The molecular formula is C17H24N2O4. The summed E-state index contributed by atoms with van der Waals surface area (Å²) >= 11 is 0. The van der Waals surface area contributed by atoms with Crippen LogP contribution in [0.3, 0.4) is 0 Å². The Morgan fingerprint density at radius 2 is 2.30 bits per heavy atom. The van der Waals surface area contributed by atoms with Gasteiger partial charge in [-0.15, -0.1) is 0 Å². The summed E-state index contributed by atoms with van der Waals surface area (Å²) in [7, 11) is 1.65. The van der Waals surface area contributed by atoms with Gasteiger partial charge in [-0.3, -0.25) is 0 Å². The summed E-state index contributed by atoms with van der Waals surface area (Å²) in [5.74, 6) is 1.66. The van der Waals surface area contributed by atoms with Crippen LogP contribution < -0.4 is 5.32 Å². The van der Waals surface area contributed by atoms with Gasteiger partial charge in [-0.25, -0.2) is 4.79 Å². The van der Waals surface area contributed by atoms with E-state index in [1.54, 1.807) is 7.11 Å². The van der Waals surface area contributed by atoms with Crippen molar-refractivity contribution in [3.63, 3.8) is 0 Å². The van der Waals surface area contributed by atoms with Crippen LogP contribution >= 0.6 is 0 Å². The van der Waals surface area contributed by atoms with Gasteiger partial charge in [0.2, 0.25) is 0 Å². The van der Waals surface area contributed by atoms with Crippen molar-refractivity contribution in [2.45, 2.75) is 63.0 Å². The number of likely N-dealkylation sites (tertiary alicyclic amines) is 1. The van der Waals surface area contributed by atoms with Gasteiger partial charge in [0, 0.05) is 13.7 Å². The standard InChI is InChI=1S/C17H24N2O4/c1-21-10-12-5-7-16(23-12)14-3-2-8-19(14)17(20)18-13-9-11-4-6-15(13)22-11/h5,7,11,13-15H,2-4,6,8-10H2,1H3,(H,18,20)/t11-,13-,14-,15-/m1/s1. The smallest absolute Gasteiger partial charge is 0.318 e. The first kappa shape index (κ1) is 15.0. The van der Waals surface area contributed by atoms with Crippen LogP contribution in [0.5, 0.6) is 0 Å². The summed E-state index contributed by atoms with van der Waals surface area (Å²) in [5.41, 5.74) is 0. The molecule has 6 nitrogen and oxygen atoms in total. The maximum absolute atomic E-state index is 12.7. The van der Waals surface area contributed by atoms with Crippen LogP contribution in [-0.2, 0) is 16.1 Å². The molecule has 4 heterocycles. The molecule has 0 aliphatic carbocycles. The lowest BCUT2D eigenvalue weighted by Gasteiger charge is -2.27. The number of ether oxygens (including phenoxy) is 2. The molecule has 4 rings (SSSR count). The molecule has 6 heteroatoms. The van der Waals surface area contributed by atoms with Gasteiger partial charge in [0.15, 0.2) is 0 Å². The third-order valence-corrected chi connectivity index (χ3v) is 5.23. The summed E-state index contributed by atoms with van der Waals surface area (Å²) in [6.07, 6.45) is 5.67. The topological polar surface area (TPSA) is 63.9 Å². The van der Waals surface area contributed by atoms with Gasteiger partial charge in [-0.1, -0.05) is 0 Å². The van der Waals surface area contributed by atoms with E-state index in [1.807, 2.05) is 17.0 Å². The SMILES string of the molecule is COCc1ccc([C@H]2CCCN2C(=O)N[C@@H]2C[C@H]3CC[C@H]2O3)o1. The highest BCUT2D eigenvalue weighted by Gasteiger charge is 2.43. The zero-order valence-corrected chi connectivity index (χ0v) is 13.5. The van der Waals surface area contributed by atoms with Crippen LogP contribution in [0.15, 0.2) is 16.5 Å². The van der Waals surface area contributed by atoms with Crippen molar-refractivity contribution < 1.29 is 18.7 Å². The van der Waals surface area contributed by atoms with E-state index in [4.69, 9.17) is 13.9 Å². The normalized spacial score (nSPS) is 32.7. The number of carbonyl (C=O) groups is 1. The average Bonchev–Trinajstić information content (AvgIpc) is 3.31. The Balaban J connectivity index is 1.41. The second-order valence-electron chi connectivity index (χ2n) is 6.75. The van der Waals surface area contributed by atoms with Crippen molar-refractivity contribution in [1.82, 2.24) is 10.2 Å². The molecule has 1 aromatic rings. The lowest BCUT2D eigenvalue weighted by atomic mass is 9.96. The van der Waals surface area contributed by atoms with E-state index >= 15 is 0 Å². The van der Waals surface area contributed by atoms with Gasteiger partial charge in [-0.2, -0.15) is 0 Å². The number of urea groups is 1. The van der Waals surface area contributed by atoms with E-state index in [1.165, 1.54) is 0 Å². The van der Waals surface area contributed by atoms with Crippen LogP contribution in [0.2, 0.25) is 0 Å². The Morgan fingerprint density at radius 3 is 3.04 bits per heavy atom. The third-order valence-electron chi connectivity index (χ3n) is 5.23. The number of rotatable bonds is 4. The molecule has 0 saturated carbocycles. The van der Waals surface area contributed by atoms with Gasteiger partial charge in [0.05, 0.1) is 24.3 Å². The summed E-state index contributed by atoms with van der Waals surface area (Å²) < 4.78 is 16.8. The largest absolute Gasteiger partial charge is 0.461 e. The van der Waals surface area contributed by atoms with Crippen LogP contribution in [0.25, 0.3) is 0 Å². The van der Waals surface area contributed by atoms with Gasteiger partial charge in [0.25, 0.3) is 0 Å². The highest BCUT2D eigenvalue weighted by Crippen LogP contribution is 2.36. The molecule has 3 aliphatic rings. The fraction of sp³-hybridized carbons (Fsp3) is 0.706. The van der Waals surface area contributed by atoms with Crippen molar-refractivity contribution in [2.75, 3.05) is 13.7 Å². The van der Waals surface area contributed by atoms with Gasteiger partial charge < -0.3 is 24.1 Å². The molecule has 0 spiro atoms. The molecular weight excluding hydrogens is 296 g/mol. The number of methoxy groups -OCH3 is 1. The fourth-order valence-electron chi connectivity index (χ4n) is 4.13. The molecule has 3 aliphatic heterocycles. The van der Waals surface area contributed by atoms with Crippen molar-refractivity contribution in [3.8, 4) is 0 Å². The van der Waals surface area contributed by atoms with E-state index in [2.05, 4.69) is 5.32 Å². The lowest BCUT2D eigenvalue weighted by Crippen LogP contribution is -2.47. The Morgan fingerprint density at radius 1 is 1.39 bits per heavy atom. The molecule has 3 fully saturated rings. The minimum absolute atomic E-state index is 0.0124. The summed E-state index contributed by atoms with van der Waals surface area (Å²) in [4.78, 5) is 14.6. The second-order valence-corrected chi connectivity index (χ2v) is 6.75. The molecule has 0 radical (unpaired) electrons. The molecule has 4 atom stereocenters. The van der Waals surface area contributed by atoms with E-state index < -0.39 is 0 Å². The highest BCUT2D eigenvalue weighted by molar-refractivity contribution is 5.75. The molecule has 2 amide bonds. The number of furan rings is 1. The predicted molar refractivity (Wildman–Crippen MR) is 82.9 cm³/mol. The molecule has 126 valence electrons. The maximum Gasteiger partial charge on any atom is 0.318 e. The Bertz CT molecular complexity index is 573. The lowest BCUT2D eigenvalue weighted by molar-refractivity contribution is 0.0966. The first-order valence-electron chi connectivity index (χ1n) is 8.54. The van der Waals surface area contributed by atoms with Crippen molar-refractivity contribution >= 4 is 6.03 Å². The van der Waals surface area contributed by atoms with Gasteiger partial charge in [0.1, 0.15) is 18.1 Å². The third kappa shape index (κ3) is 2.85. The zero-order chi connectivity index (χ0) is 15.8. The number of amides is 2. The molecule has 0 unspecified atom stereocenters. The molecule has 1 N–H and O–H groups in total. The summed E-state index contributed by atoms with van der Waals surface area (Å²) in [5, 5.41) is 3.18. The van der Waals surface area contributed by atoms with E-state index in [0.717, 1.165) is 50.2 Å². The fourth-order valence-corrected chi connectivity index (χ4v) is 4.13. The molecule has 2 bridgehead atoms. The Labute approximate surface area is 136 Å². The van der Waals surface area contributed by atoms with Gasteiger partial charge in [-0.05, 0) is 44.2 Å². The van der Waals surface area contributed by atoms with Gasteiger partial charge >= 0.3 is 6.03 Å². The van der Waals surface area contributed by atoms with Crippen LogP contribution in [-0.4, -0.2) is 42.8 Å². The number of carbonyl (C=O) groups excluding carboxylic acids is 1. The van der Waals surface area contributed by atoms with Crippen molar-refractivity contribution in [2.24, 2.45) is 0 Å². The number of nitrogens with one attached hydrogen (secondary N) is 1. The van der Waals surface area contributed by atoms with E-state index in [-0.39, 0.29) is 24.2 Å².